The quantitative estimate of drug-likeness (QED) is 0.808. The molecule has 2 aromatic rings. The summed E-state index contributed by atoms with van der Waals surface area (Å²) >= 11 is 3.17. The van der Waals surface area contributed by atoms with Crippen molar-refractivity contribution in [3.8, 4) is 0 Å². The van der Waals surface area contributed by atoms with Crippen molar-refractivity contribution in [1.82, 2.24) is 0 Å². The van der Waals surface area contributed by atoms with E-state index in [0.717, 1.165) is 11.1 Å². The summed E-state index contributed by atoms with van der Waals surface area (Å²) in [6, 6.07) is 6.89. The number of nitrogens with one attached hydrogen (secondary N) is 1. The van der Waals surface area contributed by atoms with Gasteiger partial charge in [0.15, 0.2) is 0 Å². The fourth-order valence-electron chi connectivity index (χ4n) is 1.79. The van der Waals surface area contributed by atoms with Crippen LogP contribution < -0.4 is 10.5 Å². The van der Waals surface area contributed by atoms with Crippen molar-refractivity contribution in [2.75, 3.05) is 10.5 Å². The SMILES string of the molecule is Cc1cc(S(=O)(=O)Nc2cc(Br)ccc2F)cc(N)c1C. The highest BCUT2D eigenvalue weighted by atomic mass is 79.9. The molecule has 112 valence electrons. The third-order valence-corrected chi connectivity index (χ3v) is 5.00. The Labute approximate surface area is 131 Å². The van der Waals surface area contributed by atoms with E-state index in [1.54, 1.807) is 6.92 Å². The van der Waals surface area contributed by atoms with Gasteiger partial charge in [-0.25, -0.2) is 12.8 Å². The van der Waals surface area contributed by atoms with Gasteiger partial charge in [-0.2, -0.15) is 0 Å². The van der Waals surface area contributed by atoms with Crippen molar-refractivity contribution < 1.29 is 12.8 Å². The zero-order chi connectivity index (χ0) is 15.8. The third kappa shape index (κ3) is 3.36. The molecule has 0 aromatic heterocycles. The molecule has 0 aliphatic heterocycles. The fraction of sp³-hybridized carbons (Fsp3) is 0.143. The Morgan fingerprint density at radius 3 is 2.48 bits per heavy atom. The zero-order valence-corrected chi connectivity index (χ0v) is 13.8. The number of rotatable bonds is 3. The number of hydrogen-bond acceptors (Lipinski definition) is 3. The minimum Gasteiger partial charge on any atom is -0.398 e. The van der Waals surface area contributed by atoms with Crippen LogP contribution in [0.5, 0.6) is 0 Å². The Balaban J connectivity index is 2.46. The Bertz CT molecular complexity index is 784. The third-order valence-electron chi connectivity index (χ3n) is 3.16. The average molecular weight is 373 g/mol. The van der Waals surface area contributed by atoms with Crippen LogP contribution in [0.1, 0.15) is 11.1 Å². The molecule has 0 atom stereocenters. The van der Waals surface area contributed by atoms with Crippen LogP contribution in [0.15, 0.2) is 39.7 Å². The van der Waals surface area contributed by atoms with E-state index < -0.39 is 15.8 Å². The van der Waals surface area contributed by atoms with Gasteiger partial charge in [0.1, 0.15) is 5.82 Å². The summed E-state index contributed by atoms with van der Waals surface area (Å²) in [5, 5.41) is 0. The van der Waals surface area contributed by atoms with E-state index in [1.807, 2.05) is 6.92 Å². The molecule has 0 saturated carbocycles. The maximum absolute atomic E-state index is 13.7. The van der Waals surface area contributed by atoms with Crippen molar-refractivity contribution in [2.24, 2.45) is 0 Å². The molecule has 0 aliphatic rings. The molecule has 2 aromatic carbocycles. The van der Waals surface area contributed by atoms with Gasteiger partial charge in [0.2, 0.25) is 0 Å². The summed E-state index contributed by atoms with van der Waals surface area (Å²) in [4.78, 5) is 0.00229. The van der Waals surface area contributed by atoms with E-state index >= 15 is 0 Å². The molecule has 0 spiro atoms. The zero-order valence-electron chi connectivity index (χ0n) is 11.4. The minimum atomic E-state index is -3.91. The second-order valence-corrected chi connectivity index (χ2v) is 7.28. The minimum absolute atomic E-state index is 0.00229. The number of benzene rings is 2. The number of nitrogen functional groups attached to an aromatic ring is 1. The molecule has 0 unspecified atom stereocenters. The molecule has 21 heavy (non-hydrogen) atoms. The van der Waals surface area contributed by atoms with Gasteiger partial charge in [-0.3, -0.25) is 4.72 Å². The van der Waals surface area contributed by atoms with E-state index in [1.165, 1.54) is 30.3 Å². The molecule has 0 fully saturated rings. The molecule has 0 radical (unpaired) electrons. The van der Waals surface area contributed by atoms with Gasteiger partial charge in [-0.15, -0.1) is 0 Å². The Kier molecular flexibility index (Phi) is 4.25. The smallest absolute Gasteiger partial charge is 0.262 e. The van der Waals surface area contributed by atoms with Crippen LogP contribution in [0.3, 0.4) is 0 Å². The topological polar surface area (TPSA) is 72.2 Å². The van der Waals surface area contributed by atoms with Crippen LogP contribution in [-0.4, -0.2) is 8.42 Å². The molecule has 4 nitrogen and oxygen atoms in total. The fourth-order valence-corrected chi connectivity index (χ4v) is 3.33. The lowest BCUT2D eigenvalue weighted by Gasteiger charge is -2.12. The average Bonchev–Trinajstić information content (AvgIpc) is 2.39. The Morgan fingerprint density at radius 1 is 1.19 bits per heavy atom. The first-order valence-corrected chi connectivity index (χ1v) is 8.33. The van der Waals surface area contributed by atoms with Gasteiger partial charge in [0.05, 0.1) is 10.6 Å². The lowest BCUT2D eigenvalue weighted by molar-refractivity contribution is 0.598. The number of halogens is 2. The number of nitrogens with two attached hydrogens (primary N) is 1. The number of aryl methyl sites for hydroxylation is 1. The van der Waals surface area contributed by atoms with Crippen LogP contribution in [0.2, 0.25) is 0 Å². The molecule has 2 rings (SSSR count). The number of anilines is 2. The molecular formula is C14H14BrFN2O2S. The molecule has 7 heteroatoms. The maximum atomic E-state index is 13.7. The van der Waals surface area contributed by atoms with Crippen LogP contribution in [0, 0.1) is 19.7 Å². The first-order valence-electron chi connectivity index (χ1n) is 6.05. The lowest BCUT2D eigenvalue weighted by Crippen LogP contribution is -2.15. The van der Waals surface area contributed by atoms with Crippen molar-refractivity contribution in [2.45, 2.75) is 18.7 Å². The van der Waals surface area contributed by atoms with Crippen molar-refractivity contribution >= 4 is 37.3 Å². The van der Waals surface area contributed by atoms with Gasteiger partial charge in [-0.05, 0) is 55.3 Å². The normalized spacial score (nSPS) is 11.4. The maximum Gasteiger partial charge on any atom is 0.262 e. The summed E-state index contributed by atoms with van der Waals surface area (Å²) in [5.41, 5.74) is 7.62. The highest BCUT2D eigenvalue weighted by Crippen LogP contribution is 2.26. The molecule has 0 heterocycles. The predicted octanol–water partition coefficient (Wildman–Crippen LogP) is 3.59. The van der Waals surface area contributed by atoms with Gasteiger partial charge in [0, 0.05) is 10.2 Å². The standard InChI is InChI=1S/C14H14BrFN2O2S/c1-8-5-11(7-13(17)9(8)2)21(19,20)18-14-6-10(15)3-4-12(14)16/h3-7,18H,17H2,1-2H3. The van der Waals surface area contributed by atoms with E-state index in [9.17, 15) is 12.8 Å². The second-order valence-electron chi connectivity index (χ2n) is 4.68. The highest BCUT2D eigenvalue weighted by Gasteiger charge is 2.18. The van der Waals surface area contributed by atoms with Crippen LogP contribution in [-0.2, 0) is 10.0 Å². The van der Waals surface area contributed by atoms with Gasteiger partial charge >= 0.3 is 0 Å². The van der Waals surface area contributed by atoms with E-state index in [0.29, 0.717) is 10.2 Å². The van der Waals surface area contributed by atoms with Gasteiger partial charge in [-0.1, -0.05) is 15.9 Å². The first kappa shape index (κ1) is 15.8. The van der Waals surface area contributed by atoms with Crippen LogP contribution >= 0.6 is 15.9 Å². The Morgan fingerprint density at radius 2 is 1.86 bits per heavy atom. The monoisotopic (exact) mass is 372 g/mol. The van der Waals surface area contributed by atoms with Crippen molar-refractivity contribution in [3.05, 3.63) is 51.7 Å². The molecule has 3 N–H and O–H groups in total. The van der Waals surface area contributed by atoms with Crippen LogP contribution in [0.25, 0.3) is 0 Å². The molecule has 0 amide bonds. The molecule has 0 aliphatic carbocycles. The van der Waals surface area contributed by atoms with Crippen molar-refractivity contribution in [3.63, 3.8) is 0 Å². The summed E-state index contributed by atoms with van der Waals surface area (Å²) in [6.07, 6.45) is 0. The van der Waals surface area contributed by atoms with E-state index in [4.69, 9.17) is 5.73 Å². The number of hydrogen-bond donors (Lipinski definition) is 2. The summed E-state index contributed by atoms with van der Waals surface area (Å²) in [5.74, 6) is -0.654. The molecule has 0 bridgehead atoms. The van der Waals surface area contributed by atoms with Gasteiger partial charge in [0.25, 0.3) is 10.0 Å². The summed E-state index contributed by atoms with van der Waals surface area (Å²) < 4.78 is 41.1. The lowest BCUT2D eigenvalue weighted by atomic mass is 10.1. The molecule has 0 saturated heterocycles. The van der Waals surface area contributed by atoms with E-state index in [-0.39, 0.29) is 10.6 Å². The second kappa shape index (κ2) is 5.65. The predicted molar refractivity (Wildman–Crippen MR) is 85.2 cm³/mol. The first-order chi connectivity index (χ1) is 9.70. The highest BCUT2D eigenvalue weighted by molar-refractivity contribution is 9.10. The number of sulfonamides is 1. The Hall–Kier alpha value is -1.60. The van der Waals surface area contributed by atoms with E-state index in [2.05, 4.69) is 20.7 Å². The van der Waals surface area contributed by atoms with Gasteiger partial charge < -0.3 is 5.73 Å². The van der Waals surface area contributed by atoms with Crippen molar-refractivity contribution in [1.29, 1.82) is 0 Å². The summed E-state index contributed by atoms with van der Waals surface area (Å²) in [6.45, 7) is 3.58. The largest absolute Gasteiger partial charge is 0.398 e. The summed E-state index contributed by atoms with van der Waals surface area (Å²) in [7, 11) is -3.91. The van der Waals surface area contributed by atoms with Crippen LogP contribution in [0.4, 0.5) is 15.8 Å². The molecular weight excluding hydrogens is 359 g/mol.